The van der Waals surface area contributed by atoms with Crippen molar-refractivity contribution in [2.45, 2.75) is 26.1 Å². The van der Waals surface area contributed by atoms with E-state index in [2.05, 4.69) is 24.4 Å². The van der Waals surface area contributed by atoms with Gasteiger partial charge >= 0.3 is 0 Å². The second-order valence-electron chi connectivity index (χ2n) is 4.95. The van der Waals surface area contributed by atoms with E-state index >= 15 is 0 Å². The summed E-state index contributed by atoms with van der Waals surface area (Å²) >= 11 is 12.3. The minimum absolute atomic E-state index is 0.117. The van der Waals surface area contributed by atoms with Crippen LogP contribution in [0.3, 0.4) is 0 Å². The fourth-order valence-electron chi connectivity index (χ4n) is 2.25. The Bertz CT molecular complexity index is 601. The molecule has 0 saturated heterocycles. The van der Waals surface area contributed by atoms with E-state index in [0.717, 1.165) is 12.1 Å². The van der Waals surface area contributed by atoms with Crippen LogP contribution < -0.4 is 5.32 Å². The summed E-state index contributed by atoms with van der Waals surface area (Å²) in [5.41, 5.74) is 3.43. The molecule has 2 rings (SSSR count). The fourth-order valence-corrected chi connectivity index (χ4v) is 2.73. The van der Waals surface area contributed by atoms with Gasteiger partial charge in [0.25, 0.3) is 0 Å². The summed E-state index contributed by atoms with van der Waals surface area (Å²) in [6.07, 6.45) is 0. The number of ether oxygens (including phenoxy) is 1. The van der Waals surface area contributed by atoms with E-state index in [1.165, 1.54) is 11.1 Å². The molecule has 1 atom stereocenters. The Kier molecular flexibility index (Phi) is 6.07. The Morgan fingerprint density at radius 2 is 1.76 bits per heavy atom. The smallest absolute Gasteiger partial charge is 0.0716 e. The largest absolute Gasteiger partial charge is 0.380 e. The third-order valence-corrected chi connectivity index (χ3v) is 4.30. The highest BCUT2D eigenvalue weighted by molar-refractivity contribution is 6.42. The molecule has 21 heavy (non-hydrogen) atoms. The molecule has 0 spiro atoms. The quantitative estimate of drug-likeness (QED) is 0.808. The molecule has 0 aromatic heterocycles. The molecule has 0 amide bonds. The molecule has 4 heteroatoms. The van der Waals surface area contributed by atoms with Gasteiger partial charge in [-0.05, 0) is 29.7 Å². The van der Waals surface area contributed by atoms with Gasteiger partial charge in [-0.2, -0.15) is 0 Å². The number of nitrogens with one attached hydrogen (secondary N) is 1. The molecule has 2 nitrogen and oxygen atoms in total. The molecule has 112 valence electrons. The predicted molar refractivity (Wildman–Crippen MR) is 88.9 cm³/mol. The van der Waals surface area contributed by atoms with Gasteiger partial charge in [0.05, 0.1) is 16.7 Å². The van der Waals surface area contributed by atoms with E-state index in [9.17, 15) is 0 Å². The van der Waals surface area contributed by atoms with Crippen LogP contribution >= 0.6 is 23.2 Å². The molecule has 0 aliphatic heterocycles. The summed E-state index contributed by atoms with van der Waals surface area (Å²) in [6.45, 7) is 3.45. The highest BCUT2D eigenvalue weighted by Crippen LogP contribution is 2.29. The van der Waals surface area contributed by atoms with Crippen molar-refractivity contribution in [3.05, 3.63) is 69.2 Å². The third kappa shape index (κ3) is 4.21. The summed E-state index contributed by atoms with van der Waals surface area (Å²) in [7, 11) is 1.71. The number of rotatable bonds is 6. The maximum absolute atomic E-state index is 6.26. The first-order valence-corrected chi connectivity index (χ1v) is 7.62. The Hall–Kier alpha value is -1.06. The lowest BCUT2D eigenvalue weighted by Crippen LogP contribution is -2.19. The lowest BCUT2D eigenvalue weighted by molar-refractivity contribution is 0.184. The van der Waals surface area contributed by atoms with Crippen molar-refractivity contribution in [1.82, 2.24) is 5.32 Å². The van der Waals surface area contributed by atoms with Crippen LogP contribution in [0.2, 0.25) is 10.0 Å². The number of methoxy groups -OCH3 is 1. The van der Waals surface area contributed by atoms with Gasteiger partial charge in [0, 0.05) is 19.7 Å². The van der Waals surface area contributed by atoms with Crippen molar-refractivity contribution in [1.29, 1.82) is 0 Å². The zero-order valence-corrected chi connectivity index (χ0v) is 13.7. The number of hydrogen-bond acceptors (Lipinski definition) is 2. The average Bonchev–Trinajstić information content (AvgIpc) is 2.49. The highest BCUT2D eigenvalue weighted by atomic mass is 35.5. The summed E-state index contributed by atoms with van der Waals surface area (Å²) in [5.74, 6) is 0. The molecule has 0 radical (unpaired) electrons. The molecular formula is C17H19Cl2NO. The SMILES string of the molecule is COCc1ccccc1CNC(C)c1cccc(Cl)c1Cl. The Morgan fingerprint density at radius 1 is 1.05 bits per heavy atom. The van der Waals surface area contributed by atoms with Gasteiger partial charge in [0.2, 0.25) is 0 Å². The first kappa shape index (κ1) is 16.3. The van der Waals surface area contributed by atoms with Crippen molar-refractivity contribution in [3.63, 3.8) is 0 Å². The molecule has 1 unspecified atom stereocenters. The molecular weight excluding hydrogens is 305 g/mol. The van der Waals surface area contributed by atoms with Crippen molar-refractivity contribution in [2.24, 2.45) is 0 Å². The Morgan fingerprint density at radius 3 is 2.48 bits per heavy atom. The molecule has 0 aliphatic carbocycles. The van der Waals surface area contributed by atoms with Gasteiger partial charge in [-0.25, -0.2) is 0 Å². The van der Waals surface area contributed by atoms with E-state index in [-0.39, 0.29) is 6.04 Å². The summed E-state index contributed by atoms with van der Waals surface area (Å²) in [5, 5.41) is 4.68. The Balaban J connectivity index is 2.07. The van der Waals surface area contributed by atoms with E-state index in [4.69, 9.17) is 27.9 Å². The van der Waals surface area contributed by atoms with Crippen molar-refractivity contribution in [2.75, 3.05) is 7.11 Å². The topological polar surface area (TPSA) is 21.3 Å². The lowest BCUT2D eigenvalue weighted by Gasteiger charge is -2.17. The van der Waals surface area contributed by atoms with Crippen LogP contribution in [0.15, 0.2) is 42.5 Å². The van der Waals surface area contributed by atoms with Crippen LogP contribution in [0, 0.1) is 0 Å². The van der Waals surface area contributed by atoms with Crippen LogP contribution in [0.25, 0.3) is 0 Å². The summed E-state index contributed by atoms with van der Waals surface area (Å²) < 4.78 is 5.23. The second-order valence-corrected chi connectivity index (χ2v) is 5.73. The van der Waals surface area contributed by atoms with E-state index in [1.54, 1.807) is 13.2 Å². The number of hydrogen-bond donors (Lipinski definition) is 1. The van der Waals surface area contributed by atoms with Crippen LogP contribution in [0.5, 0.6) is 0 Å². The van der Waals surface area contributed by atoms with Gasteiger partial charge in [-0.3, -0.25) is 0 Å². The first-order valence-electron chi connectivity index (χ1n) is 6.86. The maximum atomic E-state index is 6.26. The molecule has 0 heterocycles. The van der Waals surface area contributed by atoms with Crippen LogP contribution in [-0.4, -0.2) is 7.11 Å². The van der Waals surface area contributed by atoms with Gasteiger partial charge < -0.3 is 10.1 Å². The van der Waals surface area contributed by atoms with Gasteiger partial charge in [-0.15, -0.1) is 0 Å². The molecule has 0 fully saturated rings. The average molecular weight is 324 g/mol. The molecule has 0 bridgehead atoms. The van der Waals surface area contributed by atoms with Crippen LogP contribution in [0.4, 0.5) is 0 Å². The first-order chi connectivity index (χ1) is 10.1. The van der Waals surface area contributed by atoms with E-state index in [0.29, 0.717) is 16.7 Å². The molecule has 0 aliphatic rings. The second kappa shape index (κ2) is 7.81. The minimum Gasteiger partial charge on any atom is -0.380 e. The standard InChI is InChI=1S/C17H19Cl2NO/c1-12(15-8-5-9-16(18)17(15)19)20-10-13-6-3-4-7-14(13)11-21-2/h3-9,12,20H,10-11H2,1-2H3. The molecule has 2 aromatic rings. The zero-order valence-electron chi connectivity index (χ0n) is 12.2. The third-order valence-electron chi connectivity index (χ3n) is 3.46. The maximum Gasteiger partial charge on any atom is 0.0716 e. The van der Waals surface area contributed by atoms with E-state index in [1.807, 2.05) is 24.3 Å². The van der Waals surface area contributed by atoms with Crippen LogP contribution in [-0.2, 0) is 17.9 Å². The van der Waals surface area contributed by atoms with Crippen molar-refractivity contribution < 1.29 is 4.74 Å². The zero-order chi connectivity index (χ0) is 15.2. The van der Waals surface area contributed by atoms with Crippen LogP contribution in [0.1, 0.15) is 29.7 Å². The summed E-state index contributed by atoms with van der Waals surface area (Å²) in [6, 6.07) is 14.1. The normalized spacial score (nSPS) is 12.4. The highest BCUT2D eigenvalue weighted by Gasteiger charge is 2.12. The van der Waals surface area contributed by atoms with Gasteiger partial charge in [-0.1, -0.05) is 59.6 Å². The Labute approximate surface area is 136 Å². The monoisotopic (exact) mass is 323 g/mol. The summed E-state index contributed by atoms with van der Waals surface area (Å²) in [4.78, 5) is 0. The predicted octanol–water partition coefficient (Wildman–Crippen LogP) is 4.99. The van der Waals surface area contributed by atoms with Crippen molar-refractivity contribution >= 4 is 23.2 Å². The van der Waals surface area contributed by atoms with E-state index < -0.39 is 0 Å². The van der Waals surface area contributed by atoms with Crippen molar-refractivity contribution in [3.8, 4) is 0 Å². The lowest BCUT2D eigenvalue weighted by atomic mass is 10.1. The fraction of sp³-hybridized carbons (Fsp3) is 0.294. The van der Waals surface area contributed by atoms with Gasteiger partial charge in [0.15, 0.2) is 0 Å². The minimum atomic E-state index is 0.117. The molecule has 1 N–H and O–H groups in total. The number of benzene rings is 2. The molecule has 0 saturated carbocycles. The number of halogens is 2. The molecule has 2 aromatic carbocycles. The van der Waals surface area contributed by atoms with Gasteiger partial charge in [0.1, 0.15) is 0 Å².